The fraction of sp³-hybridized carbons (Fsp3) is 0.400. The minimum absolute atomic E-state index is 0.0887. The van der Waals surface area contributed by atoms with Crippen LogP contribution in [0.1, 0.15) is 42.5 Å². The van der Waals surface area contributed by atoms with Crippen molar-refractivity contribution in [2.24, 2.45) is 0 Å². The molecule has 5 heteroatoms. The van der Waals surface area contributed by atoms with Gasteiger partial charge in [0.2, 0.25) is 0 Å². The SMILES string of the molecule is CCc1cn[nH]c1C1CCN(Cc2coc3ccccc3c2=O)CC1. The van der Waals surface area contributed by atoms with Crippen LogP contribution in [0.15, 0.2) is 45.9 Å². The van der Waals surface area contributed by atoms with E-state index in [1.807, 2.05) is 30.5 Å². The minimum Gasteiger partial charge on any atom is -0.464 e. The lowest BCUT2D eigenvalue weighted by molar-refractivity contribution is 0.201. The molecule has 0 bridgehead atoms. The van der Waals surface area contributed by atoms with E-state index in [1.165, 1.54) is 11.3 Å². The lowest BCUT2D eigenvalue weighted by Gasteiger charge is -2.31. The first kappa shape index (κ1) is 16.1. The van der Waals surface area contributed by atoms with Gasteiger partial charge in [0.25, 0.3) is 0 Å². The van der Waals surface area contributed by atoms with Crippen LogP contribution in [0.2, 0.25) is 0 Å². The Balaban J connectivity index is 1.45. The number of likely N-dealkylation sites (tertiary alicyclic amines) is 1. The molecular weight excluding hydrogens is 314 g/mol. The van der Waals surface area contributed by atoms with Crippen LogP contribution < -0.4 is 5.43 Å². The number of aromatic nitrogens is 2. The third-order valence-corrected chi connectivity index (χ3v) is 5.27. The number of rotatable bonds is 4. The number of hydrogen-bond acceptors (Lipinski definition) is 4. The molecule has 25 heavy (non-hydrogen) atoms. The van der Waals surface area contributed by atoms with E-state index < -0.39 is 0 Å². The van der Waals surface area contributed by atoms with E-state index in [1.54, 1.807) is 6.26 Å². The van der Waals surface area contributed by atoms with E-state index >= 15 is 0 Å². The van der Waals surface area contributed by atoms with Gasteiger partial charge in [0.05, 0.1) is 17.8 Å². The molecule has 130 valence electrons. The minimum atomic E-state index is 0.0887. The number of aromatic amines is 1. The molecule has 1 fully saturated rings. The van der Waals surface area contributed by atoms with Crippen molar-refractivity contribution in [2.45, 2.75) is 38.6 Å². The Bertz CT molecular complexity index is 920. The summed E-state index contributed by atoms with van der Waals surface area (Å²) in [5.74, 6) is 0.543. The first-order valence-corrected chi connectivity index (χ1v) is 9.00. The number of para-hydroxylation sites is 1. The third-order valence-electron chi connectivity index (χ3n) is 5.27. The number of aryl methyl sites for hydroxylation is 1. The normalized spacial score (nSPS) is 16.5. The van der Waals surface area contributed by atoms with Crippen LogP contribution in [-0.4, -0.2) is 28.2 Å². The molecule has 4 rings (SSSR count). The average Bonchev–Trinajstić information content (AvgIpc) is 3.14. The molecule has 3 heterocycles. The predicted molar refractivity (Wildman–Crippen MR) is 97.7 cm³/mol. The van der Waals surface area contributed by atoms with Crippen LogP contribution in [0.3, 0.4) is 0 Å². The summed E-state index contributed by atoms with van der Waals surface area (Å²) in [6, 6.07) is 7.43. The Kier molecular flexibility index (Phi) is 4.40. The zero-order chi connectivity index (χ0) is 17.2. The molecular formula is C20H23N3O2. The van der Waals surface area contributed by atoms with Gasteiger partial charge in [0.15, 0.2) is 5.43 Å². The molecule has 0 saturated carbocycles. The average molecular weight is 337 g/mol. The zero-order valence-corrected chi connectivity index (χ0v) is 14.5. The first-order valence-electron chi connectivity index (χ1n) is 9.00. The highest BCUT2D eigenvalue weighted by atomic mass is 16.3. The van der Waals surface area contributed by atoms with Crippen molar-refractivity contribution < 1.29 is 4.42 Å². The molecule has 1 aromatic carbocycles. The fourth-order valence-electron chi connectivity index (χ4n) is 3.80. The molecule has 1 N–H and O–H groups in total. The van der Waals surface area contributed by atoms with E-state index in [0.29, 0.717) is 23.4 Å². The quantitative estimate of drug-likeness (QED) is 0.792. The predicted octanol–water partition coefficient (Wildman–Crippen LogP) is 3.46. The third kappa shape index (κ3) is 3.12. The monoisotopic (exact) mass is 337 g/mol. The summed E-state index contributed by atoms with van der Waals surface area (Å²) in [5, 5.41) is 8.06. The van der Waals surface area contributed by atoms with Crippen LogP contribution in [0.5, 0.6) is 0 Å². The van der Waals surface area contributed by atoms with Gasteiger partial charge in [-0.25, -0.2) is 0 Å². The van der Waals surface area contributed by atoms with E-state index in [2.05, 4.69) is 22.0 Å². The van der Waals surface area contributed by atoms with Crippen molar-refractivity contribution in [3.05, 3.63) is 63.8 Å². The number of benzene rings is 1. The molecule has 5 nitrogen and oxygen atoms in total. The maximum atomic E-state index is 12.6. The Labute approximate surface area is 146 Å². The Morgan fingerprint density at radius 2 is 2.04 bits per heavy atom. The van der Waals surface area contributed by atoms with E-state index in [-0.39, 0.29) is 5.43 Å². The lowest BCUT2D eigenvalue weighted by atomic mass is 9.90. The molecule has 0 spiro atoms. The number of H-pyrrole nitrogens is 1. The summed E-state index contributed by atoms with van der Waals surface area (Å²) in [6.07, 6.45) is 6.77. The maximum absolute atomic E-state index is 12.6. The van der Waals surface area contributed by atoms with Gasteiger partial charge in [-0.3, -0.25) is 14.8 Å². The highest BCUT2D eigenvalue weighted by Crippen LogP contribution is 2.29. The van der Waals surface area contributed by atoms with Crippen LogP contribution in [0, 0.1) is 0 Å². The van der Waals surface area contributed by atoms with E-state index in [0.717, 1.165) is 37.9 Å². The summed E-state index contributed by atoms with van der Waals surface area (Å²) in [7, 11) is 0. The zero-order valence-electron chi connectivity index (χ0n) is 14.5. The highest BCUT2D eigenvalue weighted by molar-refractivity contribution is 5.76. The van der Waals surface area contributed by atoms with Gasteiger partial charge >= 0.3 is 0 Å². The van der Waals surface area contributed by atoms with Crippen LogP contribution >= 0.6 is 0 Å². The van der Waals surface area contributed by atoms with Crippen molar-refractivity contribution in [2.75, 3.05) is 13.1 Å². The van der Waals surface area contributed by atoms with Gasteiger partial charge in [-0.2, -0.15) is 5.10 Å². The van der Waals surface area contributed by atoms with Crippen molar-refractivity contribution in [3.8, 4) is 0 Å². The molecule has 0 unspecified atom stereocenters. The molecule has 1 aliphatic rings. The largest absolute Gasteiger partial charge is 0.464 e. The van der Waals surface area contributed by atoms with E-state index in [4.69, 9.17) is 4.42 Å². The van der Waals surface area contributed by atoms with Gasteiger partial charge in [-0.1, -0.05) is 19.1 Å². The van der Waals surface area contributed by atoms with Gasteiger partial charge in [-0.15, -0.1) is 0 Å². The molecule has 2 aromatic heterocycles. The summed E-state index contributed by atoms with van der Waals surface area (Å²) in [4.78, 5) is 15.0. The molecule has 0 radical (unpaired) electrons. The Morgan fingerprint density at radius 3 is 2.84 bits per heavy atom. The first-order chi connectivity index (χ1) is 12.3. The molecule has 1 aliphatic heterocycles. The van der Waals surface area contributed by atoms with Gasteiger partial charge in [0, 0.05) is 23.7 Å². The topological polar surface area (TPSA) is 62.1 Å². The second-order valence-electron chi connectivity index (χ2n) is 6.80. The number of piperidine rings is 1. The molecule has 3 aromatic rings. The summed E-state index contributed by atoms with van der Waals surface area (Å²) in [5.41, 5.74) is 4.11. The van der Waals surface area contributed by atoms with Crippen LogP contribution in [0.4, 0.5) is 0 Å². The second kappa shape index (κ2) is 6.84. The highest BCUT2D eigenvalue weighted by Gasteiger charge is 2.24. The number of hydrogen-bond donors (Lipinski definition) is 1. The number of nitrogens with one attached hydrogen (secondary N) is 1. The van der Waals surface area contributed by atoms with Gasteiger partial charge in [-0.05, 0) is 50.0 Å². The van der Waals surface area contributed by atoms with Crippen molar-refractivity contribution in [1.29, 1.82) is 0 Å². The molecule has 1 saturated heterocycles. The Hall–Kier alpha value is -2.40. The van der Waals surface area contributed by atoms with Crippen LogP contribution in [-0.2, 0) is 13.0 Å². The summed E-state index contributed by atoms with van der Waals surface area (Å²) >= 11 is 0. The van der Waals surface area contributed by atoms with E-state index in [9.17, 15) is 4.79 Å². The maximum Gasteiger partial charge on any atom is 0.197 e. The number of nitrogens with zero attached hydrogens (tertiary/aromatic N) is 2. The summed E-state index contributed by atoms with van der Waals surface area (Å²) < 4.78 is 5.64. The Morgan fingerprint density at radius 1 is 1.24 bits per heavy atom. The number of fused-ring (bicyclic) bond motifs is 1. The van der Waals surface area contributed by atoms with Crippen molar-refractivity contribution >= 4 is 11.0 Å². The molecule has 0 aliphatic carbocycles. The standard InChI is InChI=1S/C20H23N3O2/c1-2-14-11-21-22-19(14)15-7-9-23(10-8-15)12-16-13-25-18-6-4-3-5-17(18)20(16)24/h3-6,11,13,15H,2,7-10,12H2,1H3,(H,21,22). The molecule has 0 atom stereocenters. The smallest absolute Gasteiger partial charge is 0.197 e. The summed E-state index contributed by atoms with van der Waals surface area (Å²) in [6.45, 7) is 4.80. The van der Waals surface area contributed by atoms with Crippen molar-refractivity contribution in [3.63, 3.8) is 0 Å². The van der Waals surface area contributed by atoms with Crippen LogP contribution in [0.25, 0.3) is 11.0 Å². The second-order valence-corrected chi connectivity index (χ2v) is 6.80. The molecule has 0 amide bonds. The van der Waals surface area contributed by atoms with Gasteiger partial charge in [0.1, 0.15) is 5.58 Å². The van der Waals surface area contributed by atoms with Crippen molar-refractivity contribution in [1.82, 2.24) is 15.1 Å². The lowest BCUT2D eigenvalue weighted by Crippen LogP contribution is -2.34. The van der Waals surface area contributed by atoms with Gasteiger partial charge < -0.3 is 4.42 Å². The fourth-order valence-corrected chi connectivity index (χ4v) is 3.80.